The van der Waals surface area contributed by atoms with Crippen molar-refractivity contribution >= 4 is 34.8 Å². The Morgan fingerprint density at radius 2 is 2.08 bits per heavy atom. The molecule has 5 nitrogen and oxygen atoms in total. The van der Waals surface area contributed by atoms with E-state index in [1.165, 1.54) is 21.1 Å². The summed E-state index contributed by atoms with van der Waals surface area (Å²) in [4.78, 5) is 26.7. The molecule has 1 N–H and O–H groups in total. The van der Waals surface area contributed by atoms with Gasteiger partial charge >= 0.3 is 12.1 Å². The maximum absolute atomic E-state index is 12.9. The Kier molecular flexibility index (Phi) is 5.77. The third-order valence-electron chi connectivity index (χ3n) is 3.94. The molecular weight excluding hydrogens is 369 g/mol. The summed E-state index contributed by atoms with van der Waals surface area (Å²) in [6.45, 7) is -0.712. The number of alkyl halides is 3. The first kappa shape index (κ1) is 19.0. The lowest BCUT2D eigenvalue weighted by atomic mass is 9.96. The van der Waals surface area contributed by atoms with Gasteiger partial charge in [-0.15, -0.1) is 11.3 Å². The van der Waals surface area contributed by atoms with Crippen LogP contribution < -0.4 is 0 Å². The van der Waals surface area contributed by atoms with Crippen LogP contribution in [0.5, 0.6) is 0 Å². The van der Waals surface area contributed by atoms with Crippen molar-refractivity contribution in [1.82, 2.24) is 9.80 Å². The molecule has 0 bridgehead atoms. The van der Waals surface area contributed by atoms with Crippen LogP contribution in [0.3, 0.4) is 0 Å². The molecule has 134 valence electrons. The molecule has 24 heavy (non-hydrogen) atoms. The predicted molar refractivity (Wildman–Crippen MR) is 82.9 cm³/mol. The fourth-order valence-electron chi connectivity index (χ4n) is 2.67. The van der Waals surface area contributed by atoms with Crippen LogP contribution in [-0.4, -0.2) is 59.6 Å². The summed E-state index contributed by atoms with van der Waals surface area (Å²) >= 11 is 7.13. The molecule has 0 radical (unpaired) electrons. The Morgan fingerprint density at radius 3 is 2.54 bits per heavy atom. The third-order valence-corrected chi connectivity index (χ3v) is 5.16. The largest absolute Gasteiger partial charge is 0.481 e. The SMILES string of the molecule is CN(Cc1ccc(Cl)s1)C(=O)CN1C[C@@H](C(F)(F)F)[C@H](C(=O)O)C1. The lowest BCUT2D eigenvalue weighted by Gasteiger charge is -2.21. The molecule has 0 saturated carbocycles. The van der Waals surface area contributed by atoms with Crippen LogP contribution in [0.1, 0.15) is 4.88 Å². The molecule has 1 aromatic rings. The van der Waals surface area contributed by atoms with Gasteiger partial charge in [0.05, 0.1) is 29.3 Å². The van der Waals surface area contributed by atoms with Gasteiger partial charge in [-0.25, -0.2) is 0 Å². The van der Waals surface area contributed by atoms with Crippen molar-refractivity contribution in [2.75, 3.05) is 26.7 Å². The van der Waals surface area contributed by atoms with Gasteiger partial charge in [0.2, 0.25) is 5.91 Å². The number of hydrogen-bond acceptors (Lipinski definition) is 4. The minimum Gasteiger partial charge on any atom is -0.481 e. The summed E-state index contributed by atoms with van der Waals surface area (Å²) < 4.78 is 39.4. The Morgan fingerprint density at radius 1 is 1.42 bits per heavy atom. The van der Waals surface area contributed by atoms with Gasteiger partial charge in [0.15, 0.2) is 0 Å². The minimum atomic E-state index is -4.60. The molecule has 2 heterocycles. The summed E-state index contributed by atoms with van der Waals surface area (Å²) in [5.41, 5.74) is 0. The summed E-state index contributed by atoms with van der Waals surface area (Å²) in [5.74, 6) is -5.36. The monoisotopic (exact) mass is 384 g/mol. The zero-order valence-electron chi connectivity index (χ0n) is 12.7. The van der Waals surface area contributed by atoms with E-state index in [0.717, 1.165) is 4.88 Å². The van der Waals surface area contributed by atoms with Crippen LogP contribution in [0.15, 0.2) is 12.1 Å². The average molecular weight is 385 g/mol. The number of aliphatic carboxylic acids is 1. The first-order valence-corrected chi connectivity index (χ1v) is 8.27. The van der Waals surface area contributed by atoms with E-state index in [9.17, 15) is 22.8 Å². The molecule has 1 saturated heterocycles. The van der Waals surface area contributed by atoms with Crippen LogP contribution in [0, 0.1) is 11.8 Å². The van der Waals surface area contributed by atoms with Crippen LogP contribution >= 0.6 is 22.9 Å². The number of likely N-dealkylation sites (N-methyl/N-ethyl adjacent to an activating group) is 1. The number of carbonyl (C=O) groups excluding carboxylic acids is 1. The van der Waals surface area contributed by atoms with E-state index < -0.39 is 30.5 Å². The Hall–Kier alpha value is -1.32. The van der Waals surface area contributed by atoms with E-state index in [2.05, 4.69) is 0 Å². The van der Waals surface area contributed by atoms with Crippen molar-refractivity contribution in [3.05, 3.63) is 21.3 Å². The van der Waals surface area contributed by atoms with Gasteiger partial charge in [-0.05, 0) is 12.1 Å². The molecule has 1 aromatic heterocycles. The number of carboxylic acid groups (broad SMARTS) is 1. The maximum Gasteiger partial charge on any atom is 0.393 e. The average Bonchev–Trinajstić information content (AvgIpc) is 3.04. The van der Waals surface area contributed by atoms with Crippen molar-refractivity contribution < 1.29 is 27.9 Å². The number of halogens is 4. The molecule has 2 rings (SSSR count). The van der Waals surface area contributed by atoms with E-state index in [1.807, 2.05) is 0 Å². The lowest BCUT2D eigenvalue weighted by Crippen LogP contribution is -2.37. The van der Waals surface area contributed by atoms with Gasteiger partial charge in [0.1, 0.15) is 0 Å². The molecule has 1 aliphatic rings. The van der Waals surface area contributed by atoms with Gasteiger partial charge in [0.25, 0.3) is 0 Å². The van der Waals surface area contributed by atoms with Crippen LogP contribution in [0.4, 0.5) is 13.2 Å². The quantitative estimate of drug-likeness (QED) is 0.847. The molecule has 2 atom stereocenters. The predicted octanol–water partition coefficient (Wildman–Crippen LogP) is 2.55. The molecule has 10 heteroatoms. The van der Waals surface area contributed by atoms with E-state index in [4.69, 9.17) is 16.7 Å². The molecule has 0 unspecified atom stereocenters. The molecular formula is C14H16ClF3N2O3S. The Labute approximate surface area is 145 Å². The number of amides is 1. The minimum absolute atomic E-state index is 0.244. The van der Waals surface area contributed by atoms with Crippen molar-refractivity contribution in [1.29, 1.82) is 0 Å². The Bertz CT molecular complexity index is 623. The standard InChI is InChI=1S/C14H16ClF3N2O3S/c1-19(4-8-2-3-11(15)24-8)12(21)7-20-5-9(13(22)23)10(6-20)14(16,17)18/h2-3,9-10H,4-7H2,1H3,(H,22,23)/t9-,10-/m1/s1. The lowest BCUT2D eigenvalue weighted by molar-refractivity contribution is -0.188. The van der Waals surface area contributed by atoms with Crippen LogP contribution in [0.25, 0.3) is 0 Å². The zero-order valence-corrected chi connectivity index (χ0v) is 14.3. The van der Waals surface area contributed by atoms with Crippen LogP contribution in [-0.2, 0) is 16.1 Å². The number of carbonyl (C=O) groups is 2. The fraction of sp³-hybridized carbons (Fsp3) is 0.571. The first-order valence-electron chi connectivity index (χ1n) is 7.08. The summed E-state index contributed by atoms with van der Waals surface area (Å²) in [7, 11) is 1.54. The van der Waals surface area contributed by atoms with Gasteiger partial charge < -0.3 is 10.0 Å². The van der Waals surface area contributed by atoms with Crippen molar-refractivity contribution in [3.63, 3.8) is 0 Å². The molecule has 1 aliphatic heterocycles. The number of rotatable bonds is 5. The highest BCUT2D eigenvalue weighted by molar-refractivity contribution is 7.16. The Balaban J connectivity index is 1.95. The number of nitrogens with zero attached hydrogens (tertiary/aromatic N) is 2. The normalized spacial score (nSPS) is 21.9. The van der Waals surface area contributed by atoms with E-state index in [1.54, 1.807) is 19.2 Å². The topological polar surface area (TPSA) is 60.9 Å². The number of carboxylic acids is 1. The maximum atomic E-state index is 12.9. The second-order valence-electron chi connectivity index (χ2n) is 5.74. The van der Waals surface area contributed by atoms with Crippen LogP contribution in [0.2, 0.25) is 4.34 Å². The summed E-state index contributed by atoms with van der Waals surface area (Å²) in [5, 5.41) is 8.97. The van der Waals surface area contributed by atoms with Gasteiger partial charge in [0, 0.05) is 25.0 Å². The number of hydrogen-bond donors (Lipinski definition) is 1. The number of thiophene rings is 1. The smallest absolute Gasteiger partial charge is 0.393 e. The second-order valence-corrected chi connectivity index (χ2v) is 7.54. The summed E-state index contributed by atoms with van der Waals surface area (Å²) in [6, 6.07) is 3.47. The molecule has 0 aliphatic carbocycles. The summed E-state index contributed by atoms with van der Waals surface area (Å²) in [6.07, 6.45) is -4.60. The van der Waals surface area contributed by atoms with Gasteiger partial charge in [-0.3, -0.25) is 14.5 Å². The molecule has 0 spiro atoms. The molecule has 0 aromatic carbocycles. The van der Waals surface area contributed by atoms with Crippen molar-refractivity contribution in [2.45, 2.75) is 12.7 Å². The van der Waals surface area contributed by atoms with E-state index in [0.29, 0.717) is 10.9 Å². The first-order chi connectivity index (χ1) is 11.1. The fourth-order valence-corrected chi connectivity index (χ4v) is 3.81. The molecule has 1 fully saturated rings. The molecule has 1 amide bonds. The van der Waals surface area contributed by atoms with Crippen molar-refractivity contribution in [2.24, 2.45) is 11.8 Å². The highest BCUT2D eigenvalue weighted by atomic mass is 35.5. The number of likely N-dealkylation sites (tertiary alicyclic amines) is 1. The van der Waals surface area contributed by atoms with Crippen molar-refractivity contribution in [3.8, 4) is 0 Å². The second kappa shape index (κ2) is 7.28. The third kappa shape index (κ3) is 4.61. The van der Waals surface area contributed by atoms with Gasteiger partial charge in [-0.1, -0.05) is 11.6 Å². The van der Waals surface area contributed by atoms with E-state index >= 15 is 0 Å². The highest BCUT2D eigenvalue weighted by Gasteiger charge is 2.52. The highest BCUT2D eigenvalue weighted by Crippen LogP contribution is 2.37. The van der Waals surface area contributed by atoms with Gasteiger partial charge in [-0.2, -0.15) is 13.2 Å². The van der Waals surface area contributed by atoms with E-state index in [-0.39, 0.29) is 19.0 Å². The zero-order chi connectivity index (χ0) is 18.1.